The first kappa shape index (κ1) is 12.2. The van der Waals surface area contributed by atoms with Gasteiger partial charge in [0.05, 0.1) is 5.69 Å². The van der Waals surface area contributed by atoms with Crippen LogP contribution in [0.2, 0.25) is 0 Å². The Morgan fingerprint density at radius 2 is 2.00 bits per heavy atom. The molecule has 2 heterocycles. The van der Waals surface area contributed by atoms with Crippen LogP contribution in [0.15, 0.2) is 36.9 Å². The molecule has 5 nitrogen and oxygen atoms in total. The zero-order valence-corrected chi connectivity index (χ0v) is 10.8. The van der Waals surface area contributed by atoms with E-state index < -0.39 is 0 Å². The van der Waals surface area contributed by atoms with Crippen LogP contribution < -0.4 is 5.32 Å². The van der Waals surface area contributed by atoms with Crippen LogP contribution in [-0.2, 0) is 4.74 Å². The highest BCUT2D eigenvalue weighted by Crippen LogP contribution is 2.18. The molecule has 19 heavy (non-hydrogen) atoms. The van der Waals surface area contributed by atoms with E-state index in [0.29, 0.717) is 5.92 Å². The number of anilines is 1. The van der Waals surface area contributed by atoms with Crippen molar-refractivity contribution in [2.75, 3.05) is 25.1 Å². The van der Waals surface area contributed by atoms with Crippen LogP contribution in [0, 0.1) is 5.92 Å². The van der Waals surface area contributed by atoms with Crippen molar-refractivity contribution in [2.45, 2.75) is 12.8 Å². The van der Waals surface area contributed by atoms with E-state index in [-0.39, 0.29) is 0 Å². The highest BCUT2D eigenvalue weighted by atomic mass is 16.5. The Kier molecular flexibility index (Phi) is 3.74. The maximum absolute atomic E-state index is 5.37. The van der Waals surface area contributed by atoms with Gasteiger partial charge in [-0.05, 0) is 37.0 Å². The number of nitrogens with one attached hydrogen (secondary N) is 1. The van der Waals surface area contributed by atoms with Crippen LogP contribution in [0.1, 0.15) is 12.8 Å². The minimum atomic E-state index is 0.715. The number of ether oxygens (including phenoxy) is 1. The fraction of sp³-hybridized carbons (Fsp3) is 0.429. The standard InChI is InChI=1S/C14H18N4O/c1-2-13(15-9-12-4-6-19-7-5-12)8-14(3-1)18-10-16-17-11-18/h1-3,8,10-12,15H,4-7,9H2. The Morgan fingerprint density at radius 3 is 2.79 bits per heavy atom. The van der Waals surface area contributed by atoms with Gasteiger partial charge in [-0.2, -0.15) is 0 Å². The lowest BCUT2D eigenvalue weighted by molar-refractivity contribution is 0.0699. The van der Waals surface area contributed by atoms with Crippen molar-refractivity contribution in [3.63, 3.8) is 0 Å². The Hall–Kier alpha value is -1.88. The summed E-state index contributed by atoms with van der Waals surface area (Å²) < 4.78 is 7.28. The van der Waals surface area contributed by atoms with E-state index in [0.717, 1.165) is 44.0 Å². The molecule has 1 aromatic carbocycles. The smallest absolute Gasteiger partial charge is 0.123 e. The molecule has 3 rings (SSSR count). The van der Waals surface area contributed by atoms with Crippen molar-refractivity contribution in [2.24, 2.45) is 5.92 Å². The molecule has 1 aromatic heterocycles. The second kappa shape index (κ2) is 5.84. The van der Waals surface area contributed by atoms with Crippen LogP contribution >= 0.6 is 0 Å². The zero-order chi connectivity index (χ0) is 12.9. The summed E-state index contributed by atoms with van der Waals surface area (Å²) in [6.45, 7) is 2.80. The highest BCUT2D eigenvalue weighted by molar-refractivity contribution is 5.51. The van der Waals surface area contributed by atoms with Gasteiger partial charge in [0.2, 0.25) is 0 Å². The average Bonchev–Trinajstić information content (AvgIpc) is 3.01. The number of rotatable bonds is 4. The molecule has 0 saturated carbocycles. The summed E-state index contributed by atoms with van der Waals surface area (Å²) in [4.78, 5) is 0. The van der Waals surface area contributed by atoms with E-state index in [1.54, 1.807) is 12.7 Å². The molecule has 0 bridgehead atoms. The van der Waals surface area contributed by atoms with Crippen molar-refractivity contribution in [3.05, 3.63) is 36.9 Å². The van der Waals surface area contributed by atoms with Gasteiger partial charge in [0, 0.05) is 25.4 Å². The lowest BCUT2D eigenvalue weighted by Gasteiger charge is -2.22. The maximum Gasteiger partial charge on any atom is 0.123 e. The monoisotopic (exact) mass is 258 g/mol. The van der Waals surface area contributed by atoms with Gasteiger partial charge in [-0.3, -0.25) is 4.57 Å². The second-order valence-electron chi connectivity index (χ2n) is 4.86. The molecule has 0 spiro atoms. The van der Waals surface area contributed by atoms with E-state index >= 15 is 0 Å². The van der Waals surface area contributed by atoms with E-state index in [1.807, 2.05) is 16.7 Å². The third-order valence-corrected chi connectivity index (χ3v) is 3.50. The summed E-state index contributed by atoms with van der Waals surface area (Å²) in [5, 5.41) is 11.2. The van der Waals surface area contributed by atoms with Crippen LogP contribution in [0.3, 0.4) is 0 Å². The third kappa shape index (κ3) is 3.12. The van der Waals surface area contributed by atoms with E-state index in [2.05, 4.69) is 27.6 Å². The second-order valence-corrected chi connectivity index (χ2v) is 4.86. The topological polar surface area (TPSA) is 52.0 Å². The third-order valence-electron chi connectivity index (χ3n) is 3.50. The molecule has 0 amide bonds. The minimum Gasteiger partial charge on any atom is -0.385 e. The fourth-order valence-corrected chi connectivity index (χ4v) is 2.32. The van der Waals surface area contributed by atoms with Crippen LogP contribution in [0.4, 0.5) is 5.69 Å². The molecule has 1 aliphatic rings. The molecular weight excluding hydrogens is 240 g/mol. The molecule has 0 radical (unpaired) electrons. The Bertz CT molecular complexity index is 506. The van der Waals surface area contributed by atoms with Crippen LogP contribution in [0.25, 0.3) is 5.69 Å². The number of nitrogens with zero attached hydrogens (tertiary/aromatic N) is 3. The minimum absolute atomic E-state index is 0.715. The molecule has 0 unspecified atom stereocenters. The highest BCUT2D eigenvalue weighted by Gasteiger charge is 2.13. The molecule has 1 aliphatic heterocycles. The van der Waals surface area contributed by atoms with E-state index in [4.69, 9.17) is 4.74 Å². The first-order chi connectivity index (χ1) is 9.42. The predicted octanol–water partition coefficient (Wildman–Crippen LogP) is 2.11. The largest absolute Gasteiger partial charge is 0.385 e. The summed E-state index contributed by atoms with van der Waals surface area (Å²) in [5.74, 6) is 0.715. The molecule has 5 heteroatoms. The van der Waals surface area contributed by atoms with E-state index in [9.17, 15) is 0 Å². The van der Waals surface area contributed by atoms with Gasteiger partial charge in [-0.15, -0.1) is 10.2 Å². The number of hydrogen-bond acceptors (Lipinski definition) is 4. The molecule has 2 aromatic rings. The Morgan fingerprint density at radius 1 is 1.21 bits per heavy atom. The molecule has 1 saturated heterocycles. The summed E-state index contributed by atoms with van der Waals surface area (Å²) in [7, 11) is 0. The molecule has 100 valence electrons. The van der Waals surface area contributed by atoms with Gasteiger partial charge >= 0.3 is 0 Å². The van der Waals surface area contributed by atoms with Gasteiger partial charge in [0.15, 0.2) is 0 Å². The first-order valence-corrected chi connectivity index (χ1v) is 6.68. The summed E-state index contributed by atoms with van der Waals surface area (Å²) in [5.41, 5.74) is 2.21. The van der Waals surface area contributed by atoms with Gasteiger partial charge < -0.3 is 10.1 Å². The van der Waals surface area contributed by atoms with Gasteiger partial charge in [-0.25, -0.2) is 0 Å². The lowest BCUT2D eigenvalue weighted by Crippen LogP contribution is -2.22. The average molecular weight is 258 g/mol. The lowest BCUT2D eigenvalue weighted by atomic mass is 10.0. The zero-order valence-electron chi connectivity index (χ0n) is 10.8. The summed E-state index contributed by atoms with van der Waals surface area (Å²) >= 11 is 0. The van der Waals surface area contributed by atoms with Gasteiger partial charge in [0.25, 0.3) is 0 Å². The Labute approximate surface area is 112 Å². The normalized spacial score (nSPS) is 16.4. The van der Waals surface area contributed by atoms with Gasteiger partial charge in [0.1, 0.15) is 12.7 Å². The quantitative estimate of drug-likeness (QED) is 0.912. The van der Waals surface area contributed by atoms with Gasteiger partial charge in [-0.1, -0.05) is 6.07 Å². The molecule has 0 atom stereocenters. The Balaban J connectivity index is 1.63. The SMILES string of the molecule is c1cc(NCC2CCOCC2)cc(-n2cnnc2)c1. The number of aromatic nitrogens is 3. The van der Waals surface area contributed by atoms with Crippen molar-refractivity contribution < 1.29 is 4.74 Å². The summed E-state index contributed by atoms with van der Waals surface area (Å²) in [6, 6.07) is 8.29. The van der Waals surface area contributed by atoms with Crippen molar-refractivity contribution in [3.8, 4) is 5.69 Å². The van der Waals surface area contributed by atoms with Crippen molar-refractivity contribution in [1.82, 2.24) is 14.8 Å². The number of hydrogen-bond donors (Lipinski definition) is 1. The van der Waals surface area contributed by atoms with E-state index in [1.165, 1.54) is 0 Å². The first-order valence-electron chi connectivity index (χ1n) is 6.68. The number of benzene rings is 1. The van der Waals surface area contributed by atoms with Crippen LogP contribution in [0.5, 0.6) is 0 Å². The summed E-state index contributed by atoms with van der Waals surface area (Å²) in [6.07, 6.45) is 5.71. The van der Waals surface area contributed by atoms with Crippen molar-refractivity contribution >= 4 is 5.69 Å². The maximum atomic E-state index is 5.37. The van der Waals surface area contributed by atoms with Crippen molar-refractivity contribution in [1.29, 1.82) is 0 Å². The molecule has 1 N–H and O–H groups in total. The predicted molar refractivity (Wildman–Crippen MR) is 73.4 cm³/mol. The fourth-order valence-electron chi connectivity index (χ4n) is 2.32. The molecule has 1 fully saturated rings. The van der Waals surface area contributed by atoms with Crippen LogP contribution in [-0.4, -0.2) is 34.5 Å². The molecular formula is C14H18N4O. The molecule has 0 aliphatic carbocycles.